The van der Waals surface area contributed by atoms with Crippen molar-refractivity contribution in [3.8, 4) is 22.9 Å². The summed E-state index contributed by atoms with van der Waals surface area (Å²) in [5, 5.41) is 5.24. The fraction of sp³-hybridized carbons (Fsp3) is 0.231. The van der Waals surface area contributed by atoms with E-state index >= 15 is 0 Å². The zero-order chi connectivity index (χ0) is 38.4. The Kier molecular flexibility index (Phi) is 4.89. The second-order valence-corrected chi connectivity index (χ2v) is 19.9. The molecule has 0 saturated carbocycles. The van der Waals surface area contributed by atoms with Gasteiger partial charge in [-0.15, -0.1) is 0 Å². The molecule has 57 heavy (non-hydrogen) atoms. The van der Waals surface area contributed by atoms with Gasteiger partial charge in [0.25, 0.3) is 11.6 Å². The van der Waals surface area contributed by atoms with Crippen LogP contribution < -0.4 is 14.0 Å². The van der Waals surface area contributed by atoms with Gasteiger partial charge < -0.3 is 4.57 Å². The highest BCUT2D eigenvalue weighted by Gasteiger charge is 2.71. The van der Waals surface area contributed by atoms with Crippen LogP contribution in [-0.4, -0.2) is 9.13 Å². The van der Waals surface area contributed by atoms with Crippen LogP contribution in [0.15, 0.2) is 115 Å². The Hall–Kier alpha value is -6.20. The summed E-state index contributed by atoms with van der Waals surface area (Å²) in [5.74, 6) is 2.47. The van der Waals surface area contributed by atoms with Gasteiger partial charge in [-0.1, -0.05) is 104 Å². The van der Waals surface area contributed by atoms with Crippen LogP contribution in [0.5, 0.6) is 0 Å². The Labute approximate surface area is 331 Å². The van der Waals surface area contributed by atoms with E-state index in [1.54, 1.807) is 0 Å². The summed E-state index contributed by atoms with van der Waals surface area (Å²) in [4.78, 5) is 2.67. The number of fused-ring (bicyclic) bond motifs is 12. The first kappa shape index (κ1) is 31.0. The van der Waals surface area contributed by atoms with Crippen molar-refractivity contribution < 1.29 is 9.13 Å². The first-order valence-electron chi connectivity index (χ1n) is 20.6. The molecule has 1 spiro atoms. The van der Waals surface area contributed by atoms with Crippen molar-refractivity contribution in [2.24, 2.45) is 0 Å². The van der Waals surface area contributed by atoms with Gasteiger partial charge in [-0.25, -0.2) is 0 Å². The van der Waals surface area contributed by atoms with Gasteiger partial charge in [0, 0.05) is 50.2 Å². The zero-order valence-corrected chi connectivity index (χ0v) is 33.7. The molecule has 0 amide bonds. The molecule has 5 aliphatic rings. The van der Waals surface area contributed by atoms with Gasteiger partial charge in [0.15, 0.2) is 22.6 Å². The van der Waals surface area contributed by atoms with E-state index in [1.165, 1.54) is 117 Å². The van der Waals surface area contributed by atoms with E-state index in [1.807, 2.05) is 0 Å². The third-order valence-electron chi connectivity index (χ3n) is 14.6. The topological polar surface area (TPSA) is 20.9 Å². The first-order valence-corrected chi connectivity index (χ1v) is 20.6. The summed E-state index contributed by atoms with van der Waals surface area (Å²) in [6.07, 6.45) is 0. The molecule has 5 aliphatic heterocycles. The second-order valence-electron chi connectivity index (χ2n) is 19.9. The SMILES string of the molecule is CC(C)(C)c1cc2[n+]3c(c1)N1c4ccccc4C(C)(C)c4cc5c6ccccc6n6c5c(c41)C31c3c-6ccc4c5ccccc5n(c34)-c3cc(C(C)(C)C)cc-2[n+]31. The van der Waals surface area contributed by atoms with Gasteiger partial charge in [0.2, 0.25) is 0 Å². The van der Waals surface area contributed by atoms with Gasteiger partial charge in [0.05, 0.1) is 16.7 Å². The minimum absolute atomic E-state index is 0.0727. The number of benzene rings is 5. The molecule has 1 atom stereocenters. The Bertz CT molecular complexity index is 3470. The van der Waals surface area contributed by atoms with Crippen molar-refractivity contribution in [2.75, 3.05) is 4.90 Å². The summed E-state index contributed by atoms with van der Waals surface area (Å²) < 4.78 is 10.8. The van der Waals surface area contributed by atoms with Crippen molar-refractivity contribution in [2.45, 2.75) is 77.3 Å². The van der Waals surface area contributed by atoms with Crippen molar-refractivity contribution in [3.63, 3.8) is 0 Å². The summed E-state index contributed by atoms with van der Waals surface area (Å²) in [5.41, 5.74) is 18.7. The molecule has 0 radical (unpaired) electrons. The fourth-order valence-electron chi connectivity index (χ4n) is 12.0. The van der Waals surface area contributed by atoms with Crippen LogP contribution in [0.3, 0.4) is 0 Å². The summed E-state index contributed by atoms with van der Waals surface area (Å²) in [7, 11) is 0. The van der Waals surface area contributed by atoms with Crippen LogP contribution in [0, 0.1) is 0 Å². The predicted octanol–water partition coefficient (Wildman–Crippen LogP) is 11.4. The molecule has 0 aliphatic carbocycles. The molecule has 0 bridgehead atoms. The maximum atomic E-state index is 2.79. The summed E-state index contributed by atoms with van der Waals surface area (Å²) in [6, 6.07) is 45.0. The monoisotopic (exact) mass is 737 g/mol. The van der Waals surface area contributed by atoms with E-state index in [2.05, 4.69) is 194 Å². The average Bonchev–Trinajstić information content (AvgIpc) is 3.81. The number of para-hydroxylation sites is 3. The molecule has 5 aromatic carbocycles. The van der Waals surface area contributed by atoms with Crippen LogP contribution >= 0.6 is 0 Å². The molecular formula is C52H43N5+2. The highest BCUT2D eigenvalue weighted by atomic mass is 15.5. The van der Waals surface area contributed by atoms with Crippen LogP contribution in [0.1, 0.15) is 88.8 Å². The number of rotatable bonds is 0. The number of hydrogen-bond acceptors (Lipinski definition) is 1. The molecule has 0 saturated heterocycles. The smallest absolute Gasteiger partial charge is 0.308 e. The molecule has 5 heteroatoms. The van der Waals surface area contributed by atoms with E-state index < -0.39 is 5.66 Å². The second kappa shape index (κ2) is 9.00. The molecule has 0 fully saturated rings. The van der Waals surface area contributed by atoms with Crippen molar-refractivity contribution in [1.82, 2.24) is 9.13 Å². The number of hydrogen-bond donors (Lipinski definition) is 0. The molecular weight excluding hydrogens is 695 g/mol. The fourth-order valence-corrected chi connectivity index (χ4v) is 12.0. The lowest BCUT2D eigenvalue weighted by molar-refractivity contribution is -0.931. The molecule has 9 aromatic rings. The quantitative estimate of drug-likeness (QED) is 0.142. The maximum Gasteiger partial charge on any atom is 0.319 e. The zero-order valence-electron chi connectivity index (χ0n) is 33.7. The minimum Gasteiger partial charge on any atom is -0.308 e. The number of aromatic nitrogens is 4. The Morgan fingerprint density at radius 2 is 1.07 bits per heavy atom. The van der Waals surface area contributed by atoms with E-state index in [0.29, 0.717) is 0 Å². The highest BCUT2D eigenvalue weighted by Crippen LogP contribution is 2.64. The van der Waals surface area contributed by atoms with Crippen LogP contribution in [-0.2, 0) is 21.9 Å². The van der Waals surface area contributed by atoms with Crippen molar-refractivity contribution in [3.05, 3.63) is 149 Å². The minimum atomic E-state index is -0.686. The number of anilines is 3. The Balaban J connectivity index is 1.35. The van der Waals surface area contributed by atoms with Crippen LogP contribution in [0.4, 0.5) is 17.2 Å². The molecule has 4 aromatic heterocycles. The summed E-state index contributed by atoms with van der Waals surface area (Å²) in [6.45, 7) is 19.1. The first-order chi connectivity index (χ1) is 27.3. The molecule has 5 nitrogen and oxygen atoms in total. The predicted molar refractivity (Wildman–Crippen MR) is 230 cm³/mol. The lowest BCUT2D eigenvalue weighted by Gasteiger charge is -2.46. The third kappa shape index (κ3) is 3.09. The van der Waals surface area contributed by atoms with Crippen LogP contribution in [0.25, 0.3) is 66.5 Å². The Morgan fingerprint density at radius 1 is 0.491 bits per heavy atom. The van der Waals surface area contributed by atoms with Gasteiger partial charge in [-0.05, 0) is 76.6 Å². The maximum absolute atomic E-state index is 2.79. The number of pyridine rings is 2. The lowest BCUT2D eigenvalue weighted by Crippen LogP contribution is -2.76. The van der Waals surface area contributed by atoms with E-state index in [0.717, 1.165) is 0 Å². The van der Waals surface area contributed by atoms with Crippen molar-refractivity contribution >= 4 is 60.8 Å². The normalized spacial score (nSPS) is 18.4. The summed E-state index contributed by atoms with van der Waals surface area (Å²) >= 11 is 0. The lowest BCUT2D eigenvalue weighted by atomic mass is 9.69. The standard InChI is InChI=1S/C52H43N5/c1-49(2,3)28-23-40-41-24-29(50(4,5)6)26-43-55-38-20-14-11-17-34(38)51(7,8)35-27-33-31-16-10-12-18-36(31)53-39-22-21-32-30-15-9-13-19-37(30)54-42(25-28)56(40)52(57(41)43,44(39)46(32)54)45(47(33)53)48(35)55/h9-27H,1-8H3/q+2. The van der Waals surface area contributed by atoms with Gasteiger partial charge in [-0.3, -0.25) is 0 Å². The third-order valence-corrected chi connectivity index (χ3v) is 14.6. The van der Waals surface area contributed by atoms with Gasteiger partial charge in [-0.2, -0.15) is 18.6 Å². The molecule has 1 unspecified atom stereocenters. The molecule has 0 N–H and O–H groups in total. The van der Waals surface area contributed by atoms with Crippen molar-refractivity contribution in [1.29, 1.82) is 0 Å². The molecule has 14 rings (SSSR count). The van der Waals surface area contributed by atoms with E-state index in [9.17, 15) is 0 Å². The molecule has 274 valence electrons. The Morgan fingerprint density at radius 3 is 1.77 bits per heavy atom. The molecule has 9 heterocycles. The van der Waals surface area contributed by atoms with Crippen LogP contribution in [0.2, 0.25) is 0 Å². The van der Waals surface area contributed by atoms with Gasteiger partial charge >= 0.3 is 5.66 Å². The van der Waals surface area contributed by atoms with Gasteiger partial charge in [0.1, 0.15) is 22.3 Å². The highest BCUT2D eigenvalue weighted by molar-refractivity contribution is 6.17. The largest absolute Gasteiger partial charge is 0.319 e. The van der Waals surface area contributed by atoms with E-state index in [4.69, 9.17) is 0 Å². The number of nitrogens with zero attached hydrogens (tertiary/aromatic N) is 5. The average molecular weight is 738 g/mol. The van der Waals surface area contributed by atoms with E-state index in [-0.39, 0.29) is 16.2 Å².